The van der Waals surface area contributed by atoms with Gasteiger partial charge in [-0.1, -0.05) is 0 Å². The first-order valence-electron chi connectivity index (χ1n) is 8.92. The molecule has 8 heteroatoms. The highest BCUT2D eigenvalue weighted by molar-refractivity contribution is 6.03. The van der Waals surface area contributed by atoms with E-state index in [1.807, 2.05) is 0 Å². The van der Waals surface area contributed by atoms with Crippen molar-refractivity contribution in [1.82, 2.24) is 15.1 Å². The Kier molecular flexibility index (Phi) is 6.45. The molecule has 1 saturated heterocycles. The molecule has 0 atom stereocenters. The fourth-order valence-corrected chi connectivity index (χ4v) is 2.70. The highest BCUT2D eigenvalue weighted by Gasteiger charge is 2.11. The summed E-state index contributed by atoms with van der Waals surface area (Å²) in [6.45, 7) is 6.61. The Morgan fingerprint density at radius 3 is 2.44 bits per heavy atom. The zero-order valence-corrected chi connectivity index (χ0v) is 15.3. The number of rotatable bonds is 7. The molecule has 0 saturated carbocycles. The lowest BCUT2D eigenvalue weighted by Gasteiger charge is -2.26. The van der Waals surface area contributed by atoms with E-state index in [0.29, 0.717) is 17.1 Å². The minimum atomic E-state index is -0.349. The van der Waals surface area contributed by atoms with Crippen molar-refractivity contribution in [2.45, 2.75) is 6.92 Å². The highest BCUT2D eigenvalue weighted by atomic mass is 16.5. The molecule has 27 heavy (non-hydrogen) atoms. The van der Waals surface area contributed by atoms with Crippen molar-refractivity contribution in [3.63, 3.8) is 0 Å². The number of carbonyl (C=O) groups is 2. The summed E-state index contributed by atoms with van der Waals surface area (Å²) in [6, 6.07) is 10.1. The van der Waals surface area contributed by atoms with Crippen LogP contribution < -0.4 is 10.6 Å². The third kappa shape index (κ3) is 5.57. The number of hydrogen-bond acceptors (Lipinski definition) is 7. The third-order valence-corrected chi connectivity index (χ3v) is 4.28. The van der Waals surface area contributed by atoms with Crippen molar-refractivity contribution >= 4 is 23.2 Å². The van der Waals surface area contributed by atoms with Crippen LogP contribution in [-0.2, 0) is 4.74 Å². The van der Waals surface area contributed by atoms with E-state index >= 15 is 0 Å². The second-order valence-electron chi connectivity index (χ2n) is 6.27. The van der Waals surface area contributed by atoms with Crippen LogP contribution in [-0.4, -0.2) is 66.2 Å². The molecular weight excluding hydrogens is 346 g/mol. The van der Waals surface area contributed by atoms with E-state index in [1.54, 1.807) is 36.4 Å². The Morgan fingerprint density at radius 1 is 1.07 bits per heavy atom. The number of Topliss-reactive ketones (excluding diaryl/α,β-unsaturated/α-hetero) is 1. The van der Waals surface area contributed by atoms with E-state index in [1.165, 1.54) is 6.92 Å². The topological polar surface area (TPSA) is 96.5 Å². The Balaban J connectivity index is 1.48. The van der Waals surface area contributed by atoms with E-state index in [2.05, 4.69) is 25.7 Å². The molecule has 0 radical (unpaired) electrons. The summed E-state index contributed by atoms with van der Waals surface area (Å²) in [5, 5.41) is 14.0. The molecular formula is C19H23N5O3. The quantitative estimate of drug-likeness (QED) is 0.717. The molecule has 8 nitrogen and oxygen atoms in total. The fraction of sp³-hybridized carbons (Fsp3) is 0.368. The molecule has 2 heterocycles. The number of ether oxygens (including phenoxy) is 1. The van der Waals surface area contributed by atoms with Crippen LogP contribution in [0.1, 0.15) is 27.8 Å². The van der Waals surface area contributed by atoms with Crippen molar-refractivity contribution in [3.05, 3.63) is 47.7 Å². The van der Waals surface area contributed by atoms with Gasteiger partial charge in [0.15, 0.2) is 11.5 Å². The molecule has 0 spiro atoms. The number of benzene rings is 1. The van der Waals surface area contributed by atoms with Gasteiger partial charge in [0.25, 0.3) is 5.91 Å². The SMILES string of the molecule is CC(=O)c1ccc(NC(=O)c2ccc(NCCN3CCOCC3)nn2)cc1. The van der Waals surface area contributed by atoms with E-state index in [9.17, 15) is 9.59 Å². The zero-order chi connectivity index (χ0) is 19.1. The van der Waals surface area contributed by atoms with Gasteiger partial charge in [0.2, 0.25) is 0 Å². The van der Waals surface area contributed by atoms with Gasteiger partial charge in [-0.25, -0.2) is 0 Å². The van der Waals surface area contributed by atoms with Crippen molar-refractivity contribution in [2.75, 3.05) is 50.0 Å². The van der Waals surface area contributed by atoms with E-state index in [4.69, 9.17) is 4.74 Å². The standard InChI is InChI=1S/C19H23N5O3/c1-14(25)15-2-4-16(5-3-15)21-19(26)17-6-7-18(23-22-17)20-8-9-24-10-12-27-13-11-24/h2-7H,8-13H2,1H3,(H,20,23)(H,21,26). The van der Waals surface area contributed by atoms with Crippen LogP contribution >= 0.6 is 0 Å². The average Bonchev–Trinajstić information content (AvgIpc) is 2.70. The summed E-state index contributed by atoms with van der Waals surface area (Å²) >= 11 is 0. The smallest absolute Gasteiger partial charge is 0.276 e. The fourth-order valence-electron chi connectivity index (χ4n) is 2.70. The predicted molar refractivity (Wildman–Crippen MR) is 102 cm³/mol. The number of amides is 1. The van der Waals surface area contributed by atoms with Gasteiger partial charge < -0.3 is 15.4 Å². The maximum Gasteiger partial charge on any atom is 0.276 e. The minimum Gasteiger partial charge on any atom is -0.379 e. The number of hydrogen-bond donors (Lipinski definition) is 2. The van der Waals surface area contributed by atoms with E-state index in [0.717, 1.165) is 39.4 Å². The molecule has 1 aromatic carbocycles. The van der Waals surface area contributed by atoms with Crippen LogP contribution in [0, 0.1) is 0 Å². The van der Waals surface area contributed by atoms with Crippen LogP contribution in [0.15, 0.2) is 36.4 Å². The van der Waals surface area contributed by atoms with Gasteiger partial charge in [0.05, 0.1) is 13.2 Å². The van der Waals surface area contributed by atoms with Crippen LogP contribution in [0.2, 0.25) is 0 Å². The number of anilines is 2. The maximum absolute atomic E-state index is 12.2. The molecule has 1 aromatic heterocycles. The number of carbonyl (C=O) groups excluding carboxylic acids is 2. The summed E-state index contributed by atoms with van der Waals surface area (Å²) in [6.07, 6.45) is 0. The number of ketones is 1. The summed E-state index contributed by atoms with van der Waals surface area (Å²) < 4.78 is 5.32. The number of nitrogens with zero attached hydrogens (tertiary/aromatic N) is 3. The molecule has 0 bridgehead atoms. The van der Waals surface area contributed by atoms with E-state index < -0.39 is 0 Å². The lowest BCUT2D eigenvalue weighted by atomic mass is 10.1. The first-order chi connectivity index (χ1) is 13.1. The molecule has 1 fully saturated rings. The summed E-state index contributed by atoms with van der Waals surface area (Å²) in [7, 11) is 0. The second-order valence-corrected chi connectivity index (χ2v) is 6.27. The normalized spacial score (nSPS) is 14.6. The summed E-state index contributed by atoms with van der Waals surface area (Å²) in [5.41, 5.74) is 1.42. The Labute approximate surface area is 157 Å². The van der Waals surface area contributed by atoms with Gasteiger partial charge in [-0.05, 0) is 43.3 Å². The largest absolute Gasteiger partial charge is 0.379 e. The van der Waals surface area contributed by atoms with Gasteiger partial charge in [0, 0.05) is 37.4 Å². The lowest BCUT2D eigenvalue weighted by Crippen LogP contribution is -2.39. The average molecular weight is 369 g/mol. The molecule has 0 aliphatic carbocycles. The first-order valence-corrected chi connectivity index (χ1v) is 8.92. The predicted octanol–water partition coefficient (Wildman–Crippen LogP) is 1.68. The number of nitrogens with one attached hydrogen (secondary N) is 2. The lowest BCUT2D eigenvalue weighted by molar-refractivity contribution is 0.0398. The Hall–Kier alpha value is -2.84. The molecule has 0 unspecified atom stereocenters. The van der Waals surface area contributed by atoms with Gasteiger partial charge in [-0.3, -0.25) is 14.5 Å². The van der Waals surface area contributed by atoms with Crippen LogP contribution in [0.25, 0.3) is 0 Å². The van der Waals surface area contributed by atoms with Gasteiger partial charge in [-0.2, -0.15) is 0 Å². The van der Waals surface area contributed by atoms with E-state index in [-0.39, 0.29) is 17.4 Å². The molecule has 1 aliphatic rings. The van der Waals surface area contributed by atoms with Crippen molar-refractivity contribution < 1.29 is 14.3 Å². The molecule has 1 amide bonds. The van der Waals surface area contributed by atoms with Crippen molar-refractivity contribution in [3.8, 4) is 0 Å². The summed E-state index contributed by atoms with van der Waals surface area (Å²) in [5.74, 6) is 0.263. The maximum atomic E-state index is 12.2. The van der Waals surface area contributed by atoms with Crippen molar-refractivity contribution in [2.24, 2.45) is 0 Å². The monoisotopic (exact) mass is 369 g/mol. The summed E-state index contributed by atoms with van der Waals surface area (Å²) in [4.78, 5) is 25.8. The van der Waals surface area contributed by atoms with Gasteiger partial charge in [0.1, 0.15) is 5.82 Å². The Bertz CT molecular complexity index is 771. The third-order valence-electron chi connectivity index (χ3n) is 4.28. The number of morpholine rings is 1. The first kappa shape index (κ1) is 18.9. The molecule has 1 aliphatic heterocycles. The van der Waals surface area contributed by atoms with Crippen molar-refractivity contribution in [1.29, 1.82) is 0 Å². The van der Waals surface area contributed by atoms with Crippen LogP contribution in [0.3, 0.4) is 0 Å². The van der Waals surface area contributed by atoms with Gasteiger partial charge in [-0.15, -0.1) is 10.2 Å². The molecule has 142 valence electrons. The molecule has 2 N–H and O–H groups in total. The molecule has 2 aromatic rings. The van der Waals surface area contributed by atoms with Crippen LogP contribution in [0.5, 0.6) is 0 Å². The van der Waals surface area contributed by atoms with Crippen LogP contribution in [0.4, 0.5) is 11.5 Å². The highest BCUT2D eigenvalue weighted by Crippen LogP contribution is 2.11. The number of aromatic nitrogens is 2. The van der Waals surface area contributed by atoms with Gasteiger partial charge >= 0.3 is 0 Å². The second kappa shape index (κ2) is 9.20. The Morgan fingerprint density at radius 2 is 1.81 bits per heavy atom. The zero-order valence-electron chi connectivity index (χ0n) is 15.3. The minimum absolute atomic E-state index is 0.0181. The molecule has 3 rings (SSSR count).